The number of rotatable bonds is 5. The summed E-state index contributed by atoms with van der Waals surface area (Å²) >= 11 is 5.97. The Morgan fingerprint density at radius 3 is 2.55 bits per heavy atom. The van der Waals surface area contributed by atoms with Crippen LogP contribution in [-0.4, -0.2) is 36.1 Å². The Bertz CT molecular complexity index is 437. The average Bonchev–Trinajstić information content (AvgIpc) is 2.90. The number of hydrogen-bond donors (Lipinski definition) is 0. The number of nitrogens with zero attached hydrogens (tertiary/aromatic N) is 2. The van der Waals surface area contributed by atoms with Crippen LogP contribution in [0.3, 0.4) is 0 Å². The Morgan fingerprint density at radius 2 is 1.95 bits per heavy atom. The van der Waals surface area contributed by atoms with Crippen LogP contribution in [0.2, 0.25) is 0 Å². The van der Waals surface area contributed by atoms with E-state index in [-0.39, 0.29) is 5.41 Å². The number of hydrogen-bond acceptors (Lipinski definition) is 3. The first-order valence-electron chi connectivity index (χ1n) is 7.41. The smallest absolute Gasteiger partial charge is 0.213 e. The van der Waals surface area contributed by atoms with Gasteiger partial charge in [0.2, 0.25) is 5.88 Å². The lowest BCUT2D eigenvalue weighted by Gasteiger charge is -2.20. The Labute approximate surface area is 127 Å². The molecule has 3 nitrogen and oxygen atoms in total. The highest BCUT2D eigenvalue weighted by Gasteiger charge is 2.18. The molecule has 2 rings (SSSR count). The summed E-state index contributed by atoms with van der Waals surface area (Å²) in [5.74, 6) is 1.20. The molecule has 1 aliphatic heterocycles. The van der Waals surface area contributed by atoms with E-state index in [1.54, 1.807) is 0 Å². The van der Waals surface area contributed by atoms with Crippen LogP contribution in [0.1, 0.15) is 44.9 Å². The zero-order chi connectivity index (χ0) is 14.6. The first-order valence-corrected chi connectivity index (χ1v) is 7.95. The lowest BCUT2D eigenvalue weighted by molar-refractivity contribution is 0.231. The number of pyridine rings is 1. The van der Waals surface area contributed by atoms with E-state index in [4.69, 9.17) is 16.3 Å². The minimum atomic E-state index is 0.00906. The SMILES string of the molecule is CC(C)(C)c1cc(CCl)cc(OCCN2CCCC2)n1. The summed E-state index contributed by atoms with van der Waals surface area (Å²) in [5, 5.41) is 0. The maximum absolute atomic E-state index is 5.97. The Morgan fingerprint density at radius 1 is 1.25 bits per heavy atom. The molecular weight excluding hydrogens is 272 g/mol. The fraction of sp³-hybridized carbons (Fsp3) is 0.688. The molecule has 2 heterocycles. The zero-order valence-corrected chi connectivity index (χ0v) is 13.5. The monoisotopic (exact) mass is 296 g/mol. The maximum Gasteiger partial charge on any atom is 0.213 e. The van der Waals surface area contributed by atoms with Crippen molar-refractivity contribution in [3.8, 4) is 5.88 Å². The highest BCUT2D eigenvalue weighted by atomic mass is 35.5. The van der Waals surface area contributed by atoms with E-state index in [9.17, 15) is 0 Å². The quantitative estimate of drug-likeness (QED) is 0.777. The van der Waals surface area contributed by atoms with Crippen molar-refractivity contribution in [1.29, 1.82) is 0 Å². The predicted octanol–water partition coefficient (Wildman–Crippen LogP) is 3.59. The normalized spacial score (nSPS) is 16.6. The van der Waals surface area contributed by atoms with Crippen LogP contribution in [0, 0.1) is 0 Å². The molecule has 0 saturated carbocycles. The average molecular weight is 297 g/mol. The van der Waals surface area contributed by atoms with Crippen molar-refractivity contribution in [1.82, 2.24) is 9.88 Å². The molecule has 1 aromatic heterocycles. The minimum Gasteiger partial charge on any atom is -0.476 e. The van der Waals surface area contributed by atoms with E-state index >= 15 is 0 Å². The van der Waals surface area contributed by atoms with Crippen LogP contribution in [0.15, 0.2) is 12.1 Å². The number of halogens is 1. The van der Waals surface area contributed by atoms with Gasteiger partial charge in [-0.1, -0.05) is 20.8 Å². The predicted molar refractivity (Wildman–Crippen MR) is 83.7 cm³/mol. The molecular formula is C16H25ClN2O. The number of likely N-dealkylation sites (tertiary alicyclic amines) is 1. The van der Waals surface area contributed by atoms with Crippen molar-refractivity contribution < 1.29 is 4.74 Å². The number of ether oxygens (including phenoxy) is 1. The van der Waals surface area contributed by atoms with Crippen molar-refractivity contribution in [2.45, 2.75) is 44.9 Å². The van der Waals surface area contributed by atoms with Gasteiger partial charge in [-0.2, -0.15) is 0 Å². The van der Waals surface area contributed by atoms with Crippen LogP contribution < -0.4 is 4.74 Å². The van der Waals surface area contributed by atoms with Gasteiger partial charge in [-0.25, -0.2) is 4.98 Å². The number of aromatic nitrogens is 1. The largest absolute Gasteiger partial charge is 0.476 e. The van der Waals surface area contributed by atoms with E-state index in [1.807, 2.05) is 6.07 Å². The second-order valence-corrected chi connectivity index (χ2v) is 6.75. The molecule has 20 heavy (non-hydrogen) atoms. The third-order valence-corrected chi connectivity index (χ3v) is 3.95. The van der Waals surface area contributed by atoms with Gasteiger partial charge in [0.25, 0.3) is 0 Å². The highest BCUT2D eigenvalue weighted by Crippen LogP contribution is 2.25. The van der Waals surface area contributed by atoms with Gasteiger partial charge in [-0.15, -0.1) is 11.6 Å². The molecule has 0 aromatic carbocycles. The molecule has 1 fully saturated rings. The first kappa shape index (κ1) is 15.6. The van der Waals surface area contributed by atoms with Gasteiger partial charge in [-0.05, 0) is 37.6 Å². The van der Waals surface area contributed by atoms with Gasteiger partial charge >= 0.3 is 0 Å². The number of alkyl halides is 1. The van der Waals surface area contributed by atoms with Crippen LogP contribution in [0.25, 0.3) is 0 Å². The molecule has 4 heteroatoms. The topological polar surface area (TPSA) is 25.4 Å². The molecule has 0 unspecified atom stereocenters. The third kappa shape index (κ3) is 4.35. The van der Waals surface area contributed by atoms with Crippen molar-refractivity contribution in [3.63, 3.8) is 0 Å². The van der Waals surface area contributed by atoms with Gasteiger partial charge < -0.3 is 4.74 Å². The van der Waals surface area contributed by atoms with Crippen LogP contribution in [-0.2, 0) is 11.3 Å². The van der Waals surface area contributed by atoms with Crippen molar-refractivity contribution in [3.05, 3.63) is 23.4 Å². The summed E-state index contributed by atoms with van der Waals surface area (Å²) in [6.45, 7) is 10.5. The van der Waals surface area contributed by atoms with Crippen molar-refractivity contribution >= 4 is 11.6 Å². The highest BCUT2D eigenvalue weighted by molar-refractivity contribution is 6.17. The van der Waals surface area contributed by atoms with E-state index in [0.717, 1.165) is 17.8 Å². The molecule has 0 bridgehead atoms. The van der Waals surface area contributed by atoms with E-state index in [0.29, 0.717) is 18.4 Å². The lowest BCUT2D eigenvalue weighted by atomic mass is 9.91. The molecule has 1 saturated heterocycles. The molecule has 1 aliphatic rings. The van der Waals surface area contributed by atoms with Crippen LogP contribution in [0.5, 0.6) is 5.88 Å². The Kier molecular flexibility index (Phi) is 5.28. The lowest BCUT2D eigenvalue weighted by Crippen LogP contribution is -2.25. The van der Waals surface area contributed by atoms with Gasteiger partial charge in [0.1, 0.15) is 6.61 Å². The molecule has 0 radical (unpaired) electrons. The van der Waals surface area contributed by atoms with E-state index < -0.39 is 0 Å². The minimum absolute atomic E-state index is 0.00906. The summed E-state index contributed by atoms with van der Waals surface area (Å²) in [6.07, 6.45) is 2.63. The molecule has 112 valence electrons. The fourth-order valence-electron chi connectivity index (χ4n) is 2.38. The molecule has 0 N–H and O–H groups in total. The summed E-state index contributed by atoms with van der Waals surface area (Å²) in [4.78, 5) is 7.06. The molecule has 1 aromatic rings. The molecule has 0 amide bonds. The Hall–Kier alpha value is -0.800. The third-order valence-electron chi connectivity index (χ3n) is 3.64. The first-order chi connectivity index (χ1) is 9.49. The van der Waals surface area contributed by atoms with Gasteiger partial charge in [0.15, 0.2) is 0 Å². The van der Waals surface area contributed by atoms with E-state index in [1.165, 1.54) is 25.9 Å². The zero-order valence-electron chi connectivity index (χ0n) is 12.8. The van der Waals surface area contributed by atoms with Crippen molar-refractivity contribution in [2.24, 2.45) is 0 Å². The summed E-state index contributed by atoms with van der Waals surface area (Å²) in [5.41, 5.74) is 2.12. The van der Waals surface area contributed by atoms with Crippen LogP contribution in [0.4, 0.5) is 0 Å². The Balaban J connectivity index is 1.98. The van der Waals surface area contributed by atoms with Gasteiger partial charge in [0.05, 0.1) is 5.69 Å². The molecule has 0 spiro atoms. The summed E-state index contributed by atoms with van der Waals surface area (Å²) in [7, 11) is 0. The van der Waals surface area contributed by atoms with Crippen molar-refractivity contribution in [2.75, 3.05) is 26.2 Å². The second-order valence-electron chi connectivity index (χ2n) is 6.48. The van der Waals surface area contributed by atoms with Gasteiger partial charge in [-0.3, -0.25) is 4.90 Å². The van der Waals surface area contributed by atoms with E-state index in [2.05, 4.69) is 36.7 Å². The maximum atomic E-state index is 5.97. The van der Waals surface area contributed by atoms with Gasteiger partial charge in [0, 0.05) is 23.9 Å². The molecule has 0 aliphatic carbocycles. The summed E-state index contributed by atoms with van der Waals surface area (Å²) < 4.78 is 5.83. The fourth-order valence-corrected chi connectivity index (χ4v) is 2.53. The standard InChI is InChI=1S/C16H25ClN2O/c1-16(2,3)14-10-13(12-17)11-15(18-14)20-9-8-19-6-4-5-7-19/h10-11H,4-9,12H2,1-3H3. The summed E-state index contributed by atoms with van der Waals surface area (Å²) in [6, 6.07) is 4.02. The second kappa shape index (κ2) is 6.77. The van der Waals surface area contributed by atoms with Crippen LogP contribution >= 0.6 is 11.6 Å². The molecule has 0 atom stereocenters.